The molecule has 1 aliphatic heterocycles. The Balaban J connectivity index is 1.57. The Bertz CT molecular complexity index is 1440. The monoisotopic (exact) mass is 511 g/mol. The van der Waals surface area contributed by atoms with Crippen LogP contribution in [0.2, 0.25) is 0 Å². The summed E-state index contributed by atoms with van der Waals surface area (Å²) in [6, 6.07) is 18.0. The number of methoxy groups -OCH3 is 2. The highest BCUT2D eigenvalue weighted by Gasteiger charge is 2.41. The number of phenols is 1. The first-order chi connectivity index (χ1) is 18.4. The maximum absolute atomic E-state index is 13.8. The number of hydrogen-bond donors (Lipinski definition) is 3. The van der Waals surface area contributed by atoms with Crippen molar-refractivity contribution in [1.82, 2.24) is 10.3 Å². The molecule has 0 bridgehead atoms. The van der Waals surface area contributed by atoms with Gasteiger partial charge in [-0.2, -0.15) is 0 Å². The summed E-state index contributed by atoms with van der Waals surface area (Å²) >= 11 is 0. The lowest BCUT2D eigenvalue weighted by molar-refractivity contribution is -0.116. The van der Waals surface area contributed by atoms with E-state index < -0.39 is 5.92 Å². The van der Waals surface area contributed by atoms with Crippen LogP contribution in [0.25, 0.3) is 0 Å². The summed E-state index contributed by atoms with van der Waals surface area (Å²) in [6.45, 7) is 1.84. The van der Waals surface area contributed by atoms with Crippen LogP contribution in [0.5, 0.6) is 17.2 Å². The summed E-state index contributed by atoms with van der Waals surface area (Å²) in [5.74, 6) is 0.373. The van der Waals surface area contributed by atoms with Crippen LogP contribution in [0.4, 0.5) is 5.82 Å². The number of ketones is 1. The number of carbonyl (C=O) groups is 2. The Morgan fingerprint density at radius 3 is 2.47 bits per heavy atom. The molecule has 8 nitrogen and oxygen atoms in total. The standard InChI is InChI=1S/C30H29N3O5/c1-17-27(30(36)33-26-6-4-5-13-31-26)28(19-9-12-23(34)25(16-19)38-3)29-22(32-17)14-20(15-24(29)35)18-7-10-21(37-2)11-8-18/h4-13,16,20,28,32,34H,14-15H2,1-3H3,(H,31,33,36). The van der Waals surface area contributed by atoms with E-state index in [1.54, 1.807) is 43.6 Å². The first kappa shape index (κ1) is 25.1. The fourth-order valence-corrected chi connectivity index (χ4v) is 5.28. The van der Waals surface area contributed by atoms with Gasteiger partial charge in [0.05, 0.1) is 14.2 Å². The maximum Gasteiger partial charge on any atom is 0.255 e. The van der Waals surface area contributed by atoms with Gasteiger partial charge in [0.1, 0.15) is 11.6 Å². The van der Waals surface area contributed by atoms with E-state index in [0.29, 0.717) is 41.1 Å². The van der Waals surface area contributed by atoms with Crippen LogP contribution in [0.1, 0.15) is 42.7 Å². The smallest absolute Gasteiger partial charge is 0.255 e. The molecule has 38 heavy (non-hydrogen) atoms. The Morgan fingerprint density at radius 2 is 1.79 bits per heavy atom. The Hall–Kier alpha value is -4.59. The van der Waals surface area contributed by atoms with E-state index in [1.165, 1.54) is 13.2 Å². The van der Waals surface area contributed by atoms with Gasteiger partial charge in [-0.15, -0.1) is 0 Å². The summed E-state index contributed by atoms with van der Waals surface area (Å²) in [5, 5.41) is 16.5. The second kappa shape index (κ2) is 10.4. The minimum Gasteiger partial charge on any atom is -0.504 e. The lowest BCUT2D eigenvalue weighted by Gasteiger charge is -2.37. The number of amides is 1. The number of nitrogens with zero attached hydrogens (tertiary/aromatic N) is 1. The van der Waals surface area contributed by atoms with Crippen molar-refractivity contribution in [2.45, 2.75) is 31.6 Å². The molecular formula is C30H29N3O5. The molecule has 2 aliphatic rings. The van der Waals surface area contributed by atoms with Crippen LogP contribution in [-0.4, -0.2) is 36.0 Å². The quantitative estimate of drug-likeness (QED) is 0.436. The fourth-order valence-electron chi connectivity index (χ4n) is 5.28. The van der Waals surface area contributed by atoms with E-state index in [1.807, 2.05) is 31.2 Å². The molecule has 1 aliphatic carbocycles. The molecular weight excluding hydrogens is 482 g/mol. The number of nitrogens with one attached hydrogen (secondary N) is 2. The van der Waals surface area contributed by atoms with Gasteiger partial charge in [-0.25, -0.2) is 4.98 Å². The molecule has 3 aromatic rings. The number of aromatic nitrogens is 1. The zero-order valence-corrected chi connectivity index (χ0v) is 21.4. The number of carbonyl (C=O) groups excluding carboxylic acids is 2. The van der Waals surface area contributed by atoms with E-state index in [2.05, 4.69) is 15.6 Å². The number of ether oxygens (including phenoxy) is 2. The molecule has 2 heterocycles. The molecule has 2 unspecified atom stereocenters. The Kier molecular flexibility index (Phi) is 6.87. The molecule has 3 N–H and O–H groups in total. The minimum absolute atomic E-state index is 0.00800. The third-order valence-electron chi connectivity index (χ3n) is 7.10. The average molecular weight is 512 g/mol. The average Bonchev–Trinajstić information content (AvgIpc) is 2.93. The number of Topliss-reactive ketones (excluding diaryl/α,β-unsaturated/α-hetero) is 1. The van der Waals surface area contributed by atoms with Gasteiger partial charge in [0.2, 0.25) is 0 Å². The second-order valence-corrected chi connectivity index (χ2v) is 9.39. The van der Waals surface area contributed by atoms with Crippen molar-refractivity contribution in [3.8, 4) is 17.2 Å². The summed E-state index contributed by atoms with van der Waals surface area (Å²) in [6.07, 6.45) is 2.53. The summed E-state index contributed by atoms with van der Waals surface area (Å²) < 4.78 is 10.6. The van der Waals surface area contributed by atoms with Gasteiger partial charge in [0.15, 0.2) is 17.3 Å². The molecule has 0 fully saturated rings. The van der Waals surface area contributed by atoms with Gasteiger partial charge in [0.25, 0.3) is 5.91 Å². The number of aromatic hydroxyl groups is 1. The summed E-state index contributed by atoms with van der Waals surface area (Å²) in [4.78, 5) is 31.7. The number of phenolic OH excluding ortho intramolecular Hbond substituents is 1. The SMILES string of the molecule is COc1ccc(C2CC(=O)C3=C(C2)NC(C)=C(C(=O)Nc2ccccn2)C3c2ccc(O)c(OC)c2)cc1. The minimum atomic E-state index is -0.645. The number of allylic oxidation sites excluding steroid dienone is 3. The molecule has 2 aromatic carbocycles. The Morgan fingerprint density at radius 1 is 1.03 bits per heavy atom. The van der Waals surface area contributed by atoms with Crippen molar-refractivity contribution >= 4 is 17.5 Å². The van der Waals surface area contributed by atoms with E-state index in [4.69, 9.17) is 9.47 Å². The molecule has 0 radical (unpaired) electrons. The second-order valence-electron chi connectivity index (χ2n) is 9.39. The lowest BCUT2D eigenvalue weighted by Crippen LogP contribution is -2.37. The molecule has 0 spiro atoms. The normalized spacial score (nSPS) is 19.0. The number of hydrogen-bond acceptors (Lipinski definition) is 7. The zero-order valence-electron chi connectivity index (χ0n) is 21.4. The topological polar surface area (TPSA) is 110 Å². The van der Waals surface area contributed by atoms with Gasteiger partial charge in [-0.1, -0.05) is 24.3 Å². The molecule has 0 saturated carbocycles. The van der Waals surface area contributed by atoms with Gasteiger partial charge in [0, 0.05) is 41.1 Å². The van der Waals surface area contributed by atoms with E-state index in [-0.39, 0.29) is 29.1 Å². The van der Waals surface area contributed by atoms with Crippen LogP contribution in [-0.2, 0) is 9.59 Å². The van der Waals surface area contributed by atoms with Gasteiger partial charge in [-0.3, -0.25) is 9.59 Å². The van der Waals surface area contributed by atoms with Gasteiger partial charge in [-0.05, 0) is 66.8 Å². The molecule has 1 aromatic heterocycles. The van der Waals surface area contributed by atoms with Crippen LogP contribution < -0.4 is 20.1 Å². The number of benzene rings is 2. The summed E-state index contributed by atoms with van der Waals surface area (Å²) in [7, 11) is 3.09. The van der Waals surface area contributed by atoms with Crippen molar-refractivity contribution in [3.63, 3.8) is 0 Å². The highest BCUT2D eigenvalue weighted by molar-refractivity contribution is 6.09. The molecule has 2 atom stereocenters. The number of anilines is 1. The van der Waals surface area contributed by atoms with Crippen molar-refractivity contribution in [3.05, 3.63) is 101 Å². The van der Waals surface area contributed by atoms with E-state index in [9.17, 15) is 14.7 Å². The number of pyridine rings is 1. The van der Waals surface area contributed by atoms with Crippen molar-refractivity contribution < 1.29 is 24.2 Å². The van der Waals surface area contributed by atoms with Crippen molar-refractivity contribution in [1.29, 1.82) is 0 Å². The number of rotatable bonds is 6. The van der Waals surface area contributed by atoms with E-state index >= 15 is 0 Å². The predicted molar refractivity (Wildman–Crippen MR) is 143 cm³/mol. The number of dihydropyridines is 1. The highest BCUT2D eigenvalue weighted by Crippen LogP contribution is 2.47. The zero-order chi connectivity index (χ0) is 26.8. The van der Waals surface area contributed by atoms with Crippen LogP contribution in [0.3, 0.4) is 0 Å². The molecule has 194 valence electrons. The predicted octanol–water partition coefficient (Wildman–Crippen LogP) is 4.80. The van der Waals surface area contributed by atoms with Gasteiger partial charge >= 0.3 is 0 Å². The largest absolute Gasteiger partial charge is 0.504 e. The van der Waals surface area contributed by atoms with Crippen LogP contribution in [0.15, 0.2) is 89.4 Å². The third-order valence-corrected chi connectivity index (χ3v) is 7.10. The first-order valence-electron chi connectivity index (χ1n) is 12.4. The molecule has 1 amide bonds. The van der Waals surface area contributed by atoms with E-state index in [0.717, 1.165) is 17.0 Å². The van der Waals surface area contributed by atoms with Crippen molar-refractivity contribution in [2.75, 3.05) is 19.5 Å². The molecule has 8 heteroatoms. The highest BCUT2D eigenvalue weighted by atomic mass is 16.5. The molecule has 5 rings (SSSR count). The van der Waals surface area contributed by atoms with Crippen molar-refractivity contribution in [2.24, 2.45) is 0 Å². The summed E-state index contributed by atoms with van der Waals surface area (Å²) in [5.41, 5.74) is 4.15. The maximum atomic E-state index is 13.8. The fraction of sp³-hybridized carbons (Fsp3) is 0.233. The van der Waals surface area contributed by atoms with Crippen LogP contribution >= 0.6 is 0 Å². The van der Waals surface area contributed by atoms with Crippen LogP contribution in [0, 0.1) is 0 Å². The molecule has 0 saturated heterocycles. The third kappa shape index (κ3) is 4.72. The van der Waals surface area contributed by atoms with Gasteiger partial charge < -0.3 is 25.2 Å². The Labute approximate surface area is 221 Å². The first-order valence-corrected chi connectivity index (χ1v) is 12.4. The lowest BCUT2D eigenvalue weighted by atomic mass is 9.71.